The standard InChI is InChI=1S/C12H20N4O3/c1-2-3-6-13-11(19)16-7-4-5-12(8-16)9(17)14-10(18)15-12/h2-8H2,1H3,(H,13,19)(H2,14,15,17,18). The van der Waals surface area contributed by atoms with Gasteiger partial charge in [-0.2, -0.15) is 0 Å². The highest BCUT2D eigenvalue weighted by molar-refractivity contribution is 6.07. The molecule has 19 heavy (non-hydrogen) atoms. The molecule has 3 N–H and O–H groups in total. The average Bonchev–Trinajstić information content (AvgIpc) is 2.64. The number of carbonyl (C=O) groups is 3. The van der Waals surface area contributed by atoms with Gasteiger partial charge in [0.05, 0.1) is 6.54 Å². The van der Waals surface area contributed by atoms with E-state index in [1.165, 1.54) is 0 Å². The molecule has 2 aliphatic heterocycles. The topological polar surface area (TPSA) is 90.5 Å². The van der Waals surface area contributed by atoms with Gasteiger partial charge >= 0.3 is 12.1 Å². The van der Waals surface area contributed by atoms with Gasteiger partial charge in [0.1, 0.15) is 5.54 Å². The minimum Gasteiger partial charge on any atom is -0.338 e. The average molecular weight is 268 g/mol. The summed E-state index contributed by atoms with van der Waals surface area (Å²) in [6.07, 6.45) is 3.23. The van der Waals surface area contributed by atoms with Crippen LogP contribution >= 0.6 is 0 Å². The first-order valence-corrected chi connectivity index (χ1v) is 6.74. The van der Waals surface area contributed by atoms with Gasteiger partial charge in [-0.1, -0.05) is 13.3 Å². The van der Waals surface area contributed by atoms with Gasteiger partial charge < -0.3 is 15.5 Å². The summed E-state index contributed by atoms with van der Waals surface area (Å²) in [5.41, 5.74) is -0.933. The molecule has 0 radical (unpaired) electrons. The number of hydrogen-bond donors (Lipinski definition) is 3. The molecule has 2 heterocycles. The fraction of sp³-hybridized carbons (Fsp3) is 0.750. The molecule has 0 aromatic heterocycles. The molecule has 5 amide bonds. The predicted molar refractivity (Wildman–Crippen MR) is 68.5 cm³/mol. The van der Waals surface area contributed by atoms with E-state index < -0.39 is 11.6 Å². The lowest BCUT2D eigenvalue weighted by atomic mass is 9.89. The van der Waals surface area contributed by atoms with E-state index in [-0.39, 0.29) is 18.5 Å². The predicted octanol–water partition coefficient (Wildman–Crippen LogP) is 0.170. The Balaban J connectivity index is 1.95. The van der Waals surface area contributed by atoms with Gasteiger partial charge in [-0.05, 0) is 19.3 Å². The van der Waals surface area contributed by atoms with Crippen molar-refractivity contribution in [3.63, 3.8) is 0 Å². The summed E-state index contributed by atoms with van der Waals surface area (Å²) in [6.45, 7) is 3.54. The van der Waals surface area contributed by atoms with Crippen molar-refractivity contribution in [2.24, 2.45) is 0 Å². The van der Waals surface area contributed by atoms with Crippen LogP contribution in [-0.2, 0) is 4.79 Å². The molecular weight excluding hydrogens is 248 g/mol. The van der Waals surface area contributed by atoms with Gasteiger partial charge in [-0.15, -0.1) is 0 Å². The fourth-order valence-electron chi connectivity index (χ4n) is 2.53. The number of urea groups is 2. The number of amides is 5. The number of rotatable bonds is 3. The van der Waals surface area contributed by atoms with E-state index in [0.717, 1.165) is 12.8 Å². The molecule has 0 bridgehead atoms. The van der Waals surface area contributed by atoms with E-state index in [1.807, 2.05) is 0 Å². The Labute approximate surface area is 112 Å². The number of piperidine rings is 1. The summed E-state index contributed by atoms with van der Waals surface area (Å²) in [5.74, 6) is -0.330. The lowest BCUT2D eigenvalue weighted by Gasteiger charge is -2.37. The molecule has 2 rings (SSSR count). The molecule has 1 atom stereocenters. The van der Waals surface area contributed by atoms with E-state index in [2.05, 4.69) is 22.9 Å². The highest BCUT2D eigenvalue weighted by Crippen LogP contribution is 2.24. The van der Waals surface area contributed by atoms with Gasteiger partial charge in [-0.3, -0.25) is 10.1 Å². The zero-order chi connectivity index (χ0) is 13.9. The highest BCUT2D eigenvalue weighted by Gasteiger charge is 2.49. The van der Waals surface area contributed by atoms with E-state index >= 15 is 0 Å². The van der Waals surface area contributed by atoms with Crippen LogP contribution in [0.1, 0.15) is 32.6 Å². The van der Waals surface area contributed by atoms with Crippen molar-refractivity contribution in [1.29, 1.82) is 0 Å². The van der Waals surface area contributed by atoms with E-state index in [9.17, 15) is 14.4 Å². The van der Waals surface area contributed by atoms with Crippen LogP contribution in [0.25, 0.3) is 0 Å². The van der Waals surface area contributed by atoms with Crippen molar-refractivity contribution in [1.82, 2.24) is 20.9 Å². The quantitative estimate of drug-likeness (QED) is 0.503. The van der Waals surface area contributed by atoms with Crippen LogP contribution in [0.4, 0.5) is 9.59 Å². The van der Waals surface area contributed by atoms with Crippen molar-refractivity contribution in [2.45, 2.75) is 38.1 Å². The number of nitrogens with one attached hydrogen (secondary N) is 3. The molecule has 0 aliphatic carbocycles. The molecule has 2 fully saturated rings. The molecule has 0 saturated carbocycles. The SMILES string of the molecule is CCCCNC(=O)N1CCCC2(C1)NC(=O)NC2=O. The summed E-state index contributed by atoms with van der Waals surface area (Å²) < 4.78 is 0. The number of carbonyl (C=O) groups excluding carboxylic acids is 3. The van der Waals surface area contributed by atoms with Gasteiger partial charge in [-0.25, -0.2) is 9.59 Å². The maximum atomic E-state index is 12.0. The van der Waals surface area contributed by atoms with Crippen LogP contribution in [0.15, 0.2) is 0 Å². The zero-order valence-electron chi connectivity index (χ0n) is 11.1. The van der Waals surface area contributed by atoms with Gasteiger partial charge in [0.2, 0.25) is 0 Å². The zero-order valence-corrected chi connectivity index (χ0v) is 11.1. The summed E-state index contributed by atoms with van der Waals surface area (Å²) >= 11 is 0. The van der Waals surface area contributed by atoms with Crippen LogP contribution in [0.5, 0.6) is 0 Å². The molecule has 1 spiro atoms. The van der Waals surface area contributed by atoms with Crippen molar-refractivity contribution in [2.75, 3.05) is 19.6 Å². The summed E-state index contributed by atoms with van der Waals surface area (Å²) in [7, 11) is 0. The molecule has 0 aromatic rings. The van der Waals surface area contributed by atoms with Crippen molar-refractivity contribution < 1.29 is 14.4 Å². The lowest BCUT2D eigenvalue weighted by Crippen LogP contribution is -2.60. The smallest absolute Gasteiger partial charge is 0.322 e. The highest BCUT2D eigenvalue weighted by atomic mass is 16.2. The minimum absolute atomic E-state index is 0.165. The third-order valence-corrected chi connectivity index (χ3v) is 3.60. The summed E-state index contributed by atoms with van der Waals surface area (Å²) in [5, 5.41) is 7.72. The van der Waals surface area contributed by atoms with Crippen LogP contribution in [-0.4, -0.2) is 48.0 Å². The number of imide groups is 1. The van der Waals surface area contributed by atoms with E-state index in [4.69, 9.17) is 0 Å². The molecule has 7 heteroatoms. The Morgan fingerprint density at radius 3 is 2.89 bits per heavy atom. The normalized spacial score (nSPS) is 26.3. The second-order valence-corrected chi connectivity index (χ2v) is 5.10. The Kier molecular flexibility index (Phi) is 3.92. The fourth-order valence-corrected chi connectivity index (χ4v) is 2.53. The van der Waals surface area contributed by atoms with Crippen molar-refractivity contribution in [3.05, 3.63) is 0 Å². The van der Waals surface area contributed by atoms with E-state index in [0.29, 0.717) is 25.9 Å². The second kappa shape index (κ2) is 5.46. The Morgan fingerprint density at radius 1 is 1.47 bits per heavy atom. The Morgan fingerprint density at radius 2 is 2.26 bits per heavy atom. The molecular formula is C12H20N4O3. The van der Waals surface area contributed by atoms with Crippen LogP contribution in [0.3, 0.4) is 0 Å². The Bertz CT molecular complexity index is 398. The van der Waals surface area contributed by atoms with E-state index in [1.54, 1.807) is 4.90 Å². The molecule has 0 aromatic carbocycles. The third-order valence-electron chi connectivity index (χ3n) is 3.60. The van der Waals surface area contributed by atoms with Gasteiger partial charge in [0, 0.05) is 13.1 Å². The lowest BCUT2D eigenvalue weighted by molar-refractivity contribution is -0.125. The Hall–Kier alpha value is -1.79. The minimum atomic E-state index is -0.933. The first-order chi connectivity index (χ1) is 9.07. The van der Waals surface area contributed by atoms with Crippen LogP contribution in [0.2, 0.25) is 0 Å². The third kappa shape index (κ3) is 2.80. The first kappa shape index (κ1) is 13.6. The number of hydrogen-bond acceptors (Lipinski definition) is 3. The molecule has 106 valence electrons. The molecule has 2 aliphatic rings. The van der Waals surface area contributed by atoms with Crippen molar-refractivity contribution >= 4 is 18.0 Å². The van der Waals surface area contributed by atoms with Crippen LogP contribution in [0, 0.1) is 0 Å². The maximum Gasteiger partial charge on any atom is 0.322 e. The molecule has 1 unspecified atom stereocenters. The monoisotopic (exact) mass is 268 g/mol. The summed E-state index contributed by atoms with van der Waals surface area (Å²) in [4.78, 5) is 36.7. The number of likely N-dealkylation sites (tertiary alicyclic amines) is 1. The first-order valence-electron chi connectivity index (χ1n) is 6.74. The maximum absolute atomic E-state index is 12.0. The summed E-state index contributed by atoms with van der Waals surface area (Å²) in [6, 6.07) is -0.639. The molecule has 7 nitrogen and oxygen atoms in total. The largest absolute Gasteiger partial charge is 0.338 e. The van der Waals surface area contributed by atoms with Gasteiger partial charge in [0.15, 0.2) is 0 Å². The van der Waals surface area contributed by atoms with Crippen LogP contribution < -0.4 is 16.0 Å². The second-order valence-electron chi connectivity index (χ2n) is 5.10. The molecule has 2 saturated heterocycles. The number of nitrogens with zero attached hydrogens (tertiary/aromatic N) is 1. The van der Waals surface area contributed by atoms with Crippen molar-refractivity contribution in [3.8, 4) is 0 Å². The number of unbranched alkanes of at least 4 members (excludes halogenated alkanes) is 1. The van der Waals surface area contributed by atoms with Gasteiger partial charge in [0.25, 0.3) is 5.91 Å².